The fraction of sp³-hybridized carbons (Fsp3) is 0.261. The van der Waals surface area contributed by atoms with Gasteiger partial charge in [0.2, 0.25) is 5.95 Å². The third-order valence-corrected chi connectivity index (χ3v) is 5.19. The number of nitrogens with two attached hydrogens (primary N) is 3. The molecule has 0 aliphatic rings. The summed E-state index contributed by atoms with van der Waals surface area (Å²) in [5.41, 5.74) is 22.3. The van der Waals surface area contributed by atoms with Crippen LogP contribution in [-0.4, -0.2) is 39.2 Å². The number of hydrogen-bond donors (Lipinski definition) is 4. The minimum Gasteiger partial charge on any atom is -0.495 e. The Morgan fingerprint density at radius 3 is 2.53 bits per heavy atom. The van der Waals surface area contributed by atoms with Crippen molar-refractivity contribution in [3.8, 4) is 5.75 Å². The number of hydrogen-bond acceptors (Lipinski definition) is 8. The van der Waals surface area contributed by atoms with Gasteiger partial charge in [0, 0.05) is 19.0 Å². The minimum absolute atomic E-state index is 0.0450. The summed E-state index contributed by atoms with van der Waals surface area (Å²) in [5, 5.41) is 3.15. The Morgan fingerprint density at radius 1 is 1.03 bits per heavy atom. The summed E-state index contributed by atoms with van der Waals surface area (Å²) in [6.45, 7) is 3.02. The molecule has 0 radical (unpaired) electrons. The number of benzene rings is 2. The first-order valence-corrected chi connectivity index (χ1v) is 10.4. The average molecular weight is 433 g/mol. The summed E-state index contributed by atoms with van der Waals surface area (Å²) in [6.07, 6.45) is 0.494. The number of nitrogens with zero attached hydrogens (tertiary/aromatic N) is 4. The second kappa shape index (κ2) is 9.11. The molecule has 9 heteroatoms. The fourth-order valence-corrected chi connectivity index (χ4v) is 3.56. The van der Waals surface area contributed by atoms with Crippen molar-refractivity contribution in [2.24, 2.45) is 5.73 Å². The van der Waals surface area contributed by atoms with Crippen molar-refractivity contribution >= 4 is 28.6 Å². The van der Waals surface area contributed by atoms with E-state index in [-0.39, 0.29) is 6.04 Å². The maximum Gasteiger partial charge on any atom is 0.226 e. The van der Waals surface area contributed by atoms with Crippen LogP contribution in [0.25, 0.3) is 11.2 Å². The molecule has 166 valence electrons. The van der Waals surface area contributed by atoms with Gasteiger partial charge in [0.15, 0.2) is 17.0 Å². The van der Waals surface area contributed by atoms with Gasteiger partial charge in [-0.15, -0.1) is 0 Å². The highest BCUT2D eigenvalue weighted by molar-refractivity contribution is 5.83. The molecule has 2 aromatic heterocycles. The third-order valence-electron chi connectivity index (χ3n) is 5.19. The first-order chi connectivity index (χ1) is 15.5. The zero-order valence-corrected chi connectivity index (χ0v) is 18.2. The van der Waals surface area contributed by atoms with Crippen molar-refractivity contribution < 1.29 is 4.74 Å². The molecule has 0 saturated carbocycles. The van der Waals surface area contributed by atoms with Crippen molar-refractivity contribution in [1.82, 2.24) is 19.5 Å². The van der Waals surface area contributed by atoms with Crippen molar-refractivity contribution in [3.05, 3.63) is 65.5 Å². The molecule has 4 rings (SSSR count). The molecular weight excluding hydrogens is 404 g/mol. The topological polar surface area (TPSA) is 143 Å². The van der Waals surface area contributed by atoms with Crippen LogP contribution in [0.3, 0.4) is 0 Å². The fourth-order valence-electron chi connectivity index (χ4n) is 3.56. The Morgan fingerprint density at radius 2 is 1.81 bits per heavy atom. The van der Waals surface area contributed by atoms with Crippen LogP contribution in [0.4, 0.5) is 17.5 Å². The standard InChI is InChI=1S/C23H28N8O/c1-14(24)12-27-23-29-21(26)20-22(30-23)31(13-15-7-4-3-5-8-15)18(28-20)11-16-9-6-10-17(32-2)19(16)25/h3-10,14H,11-13,24-25H2,1-2H3,(H3,26,27,29,30). The lowest BCUT2D eigenvalue weighted by Gasteiger charge is -2.13. The highest BCUT2D eigenvalue weighted by atomic mass is 16.5. The van der Waals surface area contributed by atoms with Gasteiger partial charge in [-0.3, -0.25) is 0 Å². The summed E-state index contributed by atoms with van der Waals surface area (Å²) >= 11 is 0. The van der Waals surface area contributed by atoms with E-state index >= 15 is 0 Å². The van der Waals surface area contributed by atoms with Gasteiger partial charge in [0.25, 0.3) is 0 Å². The predicted molar refractivity (Wildman–Crippen MR) is 128 cm³/mol. The summed E-state index contributed by atoms with van der Waals surface area (Å²) in [6, 6.07) is 15.8. The van der Waals surface area contributed by atoms with Gasteiger partial charge in [0.05, 0.1) is 19.3 Å². The van der Waals surface area contributed by atoms with E-state index in [1.54, 1.807) is 7.11 Å². The van der Waals surface area contributed by atoms with Crippen molar-refractivity contribution in [2.75, 3.05) is 30.4 Å². The van der Waals surface area contributed by atoms with E-state index in [1.165, 1.54) is 0 Å². The molecule has 0 saturated heterocycles. The van der Waals surface area contributed by atoms with Gasteiger partial charge in [-0.2, -0.15) is 9.97 Å². The van der Waals surface area contributed by atoms with Crippen LogP contribution >= 0.6 is 0 Å². The van der Waals surface area contributed by atoms with Crippen molar-refractivity contribution in [3.63, 3.8) is 0 Å². The minimum atomic E-state index is -0.0450. The number of imidazole rings is 1. The van der Waals surface area contributed by atoms with E-state index in [0.29, 0.717) is 53.9 Å². The van der Waals surface area contributed by atoms with Crippen LogP contribution in [0.15, 0.2) is 48.5 Å². The van der Waals surface area contributed by atoms with Crippen LogP contribution in [0.5, 0.6) is 5.75 Å². The van der Waals surface area contributed by atoms with E-state index in [0.717, 1.165) is 17.0 Å². The van der Waals surface area contributed by atoms with E-state index < -0.39 is 0 Å². The Kier molecular flexibility index (Phi) is 6.09. The van der Waals surface area contributed by atoms with Gasteiger partial charge in [0.1, 0.15) is 11.6 Å². The average Bonchev–Trinajstić information content (AvgIpc) is 3.12. The summed E-state index contributed by atoms with van der Waals surface area (Å²) in [5.74, 6) is 2.16. The molecular formula is C23H28N8O. The Hall–Kier alpha value is -3.85. The Balaban J connectivity index is 1.82. The molecule has 7 N–H and O–H groups in total. The van der Waals surface area contributed by atoms with Crippen LogP contribution in [-0.2, 0) is 13.0 Å². The maximum absolute atomic E-state index is 6.32. The molecule has 2 aromatic carbocycles. The van der Waals surface area contributed by atoms with Crippen molar-refractivity contribution in [2.45, 2.75) is 25.9 Å². The zero-order valence-electron chi connectivity index (χ0n) is 18.2. The lowest BCUT2D eigenvalue weighted by atomic mass is 10.1. The highest BCUT2D eigenvalue weighted by Gasteiger charge is 2.19. The van der Waals surface area contributed by atoms with Crippen LogP contribution < -0.4 is 27.3 Å². The van der Waals surface area contributed by atoms with E-state index in [2.05, 4.69) is 27.0 Å². The summed E-state index contributed by atoms with van der Waals surface area (Å²) in [4.78, 5) is 13.9. The van der Waals surface area contributed by atoms with Gasteiger partial charge < -0.3 is 31.8 Å². The molecule has 0 amide bonds. The first kappa shape index (κ1) is 21.4. The third kappa shape index (κ3) is 4.42. The lowest BCUT2D eigenvalue weighted by molar-refractivity contribution is 0.416. The second-order valence-corrected chi connectivity index (χ2v) is 7.77. The molecule has 1 atom stereocenters. The molecule has 2 heterocycles. The number of aromatic nitrogens is 4. The van der Waals surface area contributed by atoms with Crippen LogP contribution in [0.2, 0.25) is 0 Å². The van der Waals surface area contributed by atoms with Gasteiger partial charge >= 0.3 is 0 Å². The van der Waals surface area contributed by atoms with Gasteiger partial charge in [-0.1, -0.05) is 42.5 Å². The molecule has 0 aliphatic carbocycles. The SMILES string of the molecule is COc1cccc(Cc2nc3c(N)nc(NCC(C)N)nc3n2Cc2ccccc2)c1N. The summed E-state index contributed by atoms with van der Waals surface area (Å²) in [7, 11) is 1.60. The predicted octanol–water partition coefficient (Wildman–Crippen LogP) is 2.40. The van der Waals surface area contributed by atoms with Gasteiger partial charge in [-0.05, 0) is 24.1 Å². The maximum atomic E-state index is 6.32. The lowest BCUT2D eigenvalue weighted by Crippen LogP contribution is -2.26. The largest absolute Gasteiger partial charge is 0.495 e. The van der Waals surface area contributed by atoms with Crippen LogP contribution in [0.1, 0.15) is 23.9 Å². The molecule has 0 fully saturated rings. The number of nitrogens with one attached hydrogen (secondary N) is 1. The Bertz CT molecular complexity index is 1220. The Labute approximate surface area is 186 Å². The first-order valence-electron chi connectivity index (χ1n) is 10.4. The molecule has 0 bridgehead atoms. The van der Waals surface area contributed by atoms with Crippen molar-refractivity contribution in [1.29, 1.82) is 0 Å². The number of methoxy groups -OCH3 is 1. The van der Waals surface area contributed by atoms with Crippen LogP contribution in [0, 0.1) is 0 Å². The number of anilines is 3. The van der Waals surface area contributed by atoms with Gasteiger partial charge in [-0.25, -0.2) is 4.98 Å². The number of fused-ring (bicyclic) bond motifs is 1. The number of para-hydroxylation sites is 1. The smallest absolute Gasteiger partial charge is 0.226 e. The monoisotopic (exact) mass is 432 g/mol. The molecule has 32 heavy (non-hydrogen) atoms. The second-order valence-electron chi connectivity index (χ2n) is 7.77. The van der Waals surface area contributed by atoms with E-state index in [1.807, 2.05) is 43.3 Å². The zero-order chi connectivity index (χ0) is 22.7. The highest BCUT2D eigenvalue weighted by Crippen LogP contribution is 2.29. The summed E-state index contributed by atoms with van der Waals surface area (Å²) < 4.78 is 7.43. The number of nitrogen functional groups attached to an aromatic ring is 2. The molecule has 0 spiro atoms. The number of ether oxygens (including phenoxy) is 1. The molecule has 1 unspecified atom stereocenters. The van der Waals surface area contributed by atoms with E-state index in [9.17, 15) is 0 Å². The molecule has 0 aliphatic heterocycles. The van der Waals surface area contributed by atoms with E-state index in [4.69, 9.17) is 31.9 Å². The number of rotatable bonds is 8. The molecule has 4 aromatic rings. The molecule has 9 nitrogen and oxygen atoms in total. The normalized spacial score (nSPS) is 12.1. The quantitative estimate of drug-likeness (QED) is 0.311.